The van der Waals surface area contributed by atoms with E-state index >= 15 is 0 Å². The van der Waals surface area contributed by atoms with Crippen LogP contribution in [0.4, 0.5) is 10.1 Å². The minimum Gasteiger partial charge on any atom is -0.506 e. The summed E-state index contributed by atoms with van der Waals surface area (Å²) in [4.78, 5) is 23.0. The molecule has 0 aromatic heterocycles. The first-order valence-corrected chi connectivity index (χ1v) is 10.6. The van der Waals surface area contributed by atoms with Gasteiger partial charge in [-0.3, -0.25) is 15.0 Å². The summed E-state index contributed by atoms with van der Waals surface area (Å²) in [6, 6.07) is 2.56. The van der Waals surface area contributed by atoms with Gasteiger partial charge >= 0.3 is 0 Å². The second-order valence-electron chi connectivity index (χ2n) is 7.04. The molecule has 1 aliphatic carbocycles. The molecule has 0 bridgehead atoms. The zero-order valence-corrected chi connectivity index (χ0v) is 16.2. The number of hydrazine groups is 1. The first-order valence-electron chi connectivity index (χ1n) is 9.00. The van der Waals surface area contributed by atoms with Crippen LogP contribution in [0.2, 0.25) is 0 Å². The maximum absolute atomic E-state index is 14.5. The average molecular weight is 414 g/mol. The van der Waals surface area contributed by atoms with Gasteiger partial charge in [0.15, 0.2) is 17.3 Å². The third-order valence-corrected chi connectivity index (χ3v) is 6.52. The Bertz CT molecular complexity index is 861. The monoisotopic (exact) mass is 414 g/mol. The zero-order chi connectivity index (χ0) is 20.5. The number of carbonyl (C=O) groups is 2. The number of phenolic OH excluding ortho intramolecular Hbond substituents is 1. The fourth-order valence-electron chi connectivity index (χ4n) is 3.61. The second kappa shape index (κ2) is 7.92. The van der Waals surface area contributed by atoms with Crippen LogP contribution in [0.1, 0.15) is 31.2 Å². The molecule has 1 saturated carbocycles. The summed E-state index contributed by atoms with van der Waals surface area (Å²) in [5.41, 5.74) is 1.86. The molecule has 2 fully saturated rings. The standard InChI is InChI=1S/C17H23FN4O5S/c1-19-17(25)11-2-4-12(5-3-11)20-8-10-6-13(18)16(14(23)7-10)22-21-15(24)9-28(22,26)27/h6-7,11-12,20,23H,2-5,8-9H2,1H3,(H,19,25)(H,21,24). The molecule has 0 unspecified atom stereocenters. The number of nitrogens with zero attached hydrogens (tertiary/aromatic N) is 1. The van der Waals surface area contributed by atoms with Crippen LogP contribution in [0.25, 0.3) is 0 Å². The largest absolute Gasteiger partial charge is 0.506 e. The van der Waals surface area contributed by atoms with E-state index in [1.165, 1.54) is 6.07 Å². The minimum absolute atomic E-state index is 0.0152. The zero-order valence-electron chi connectivity index (χ0n) is 15.4. The molecule has 3 rings (SSSR count). The van der Waals surface area contributed by atoms with Crippen molar-refractivity contribution in [3.05, 3.63) is 23.5 Å². The lowest BCUT2D eigenvalue weighted by molar-refractivity contribution is -0.125. The molecular formula is C17H23FN4O5S. The Morgan fingerprint density at radius 2 is 2.00 bits per heavy atom. The summed E-state index contributed by atoms with van der Waals surface area (Å²) in [6.07, 6.45) is 3.15. The molecule has 0 radical (unpaired) electrons. The predicted molar refractivity (Wildman–Crippen MR) is 99.1 cm³/mol. The molecular weight excluding hydrogens is 391 g/mol. The van der Waals surface area contributed by atoms with Crippen molar-refractivity contribution in [3.63, 3.8) is 0 Å². The Kier molecular flexibility index (Phi) is 5.75. The maximum Gasteiger partial charge on any atom is 0.262 e. The van der Waals surface area contributed by atoms with Crippen LogP contribution >= 0.6 is 0 Å². The lowest BCUT2D eigenvalue weighted by atomic mass is 9.85. The number of sulfonamides is 1. The number of phenols is 1. The average Bonchev–Trinajstić information content (AvgIpc) is 2.91. The van der Waals surface area contributed by atoms with Gasteiger partial charge in [0.05, 0.1) is 0 Å². The number of aromatic hydroxyl groups is 1. The van der Waals surface area contributed by atoms with E-state index < -0.39 is 38.9 Å². The van der Waals surface area contributed by atoms with E-state index in [1.807, 2.05) is 5.43 Å². The van der Waals surface area contributed by atoms with Gasteiger partial charge in [-0.15, -0.1) is 0 Å². The summed E-state index contributed by atoms with van der Waals surface area (Å²) < 4.78 is 38.7. The van der Waals surface area contributed by atoms with E-state index in [0.717, 1.165) is 31.7 Å². The number of hydrogen-bond donors (Lipinski definition) is 4. The number of rotatable bonds is 5. The molecule has 0 atom stereocenters. The number of nitrogens with one attached hydrogen (secondary N) is 3. The maximum atomic E-state index is 14.5. The van der Waals surface area contributed by atoms with Crippen molar-refractivity contribution in [2.75, 3.05) is 17.2 Å². The third-order valence-electron chi connectivity index (χ3n) is 5.06. The van der Waals surface area contributed by atoms with E-state index in [9.17, 15) is 27.5 Å². The predicted octanol–water partition coefficient (Wildman–Crippen LogP) is 0.107. The Hall–Kier alpha value is -2.40. The van der Waals surface area contributed by atoms with Crippen LogP contribution in [-0.2, 0) is 26.2 Å². The van der Waals surface area contributed by atoms with Crippen LogP contribution in [0.15, 0.2) is 12.1 Å². The number of benzene rings is 1. The smallest absolute Gasteiger partial charge is 0.262 e. The van der Waals surface area contributed by atoms with Crippen molar-refractivity contribution in [1.82, 2.24) is 16.1 Å². The minimum atomic E-state index is -4.07. The molecule has 1 heterocycles. The molecule has 11 heteroatoms. The normalized spacial score (nSPS) is 24.1. The number of halogens is 1. The molecule has 28 heavy (non-hydrogen) atoms. The molecule has 9 nitrogen and oxygen atoms in total. The van der Waals surface area contributed by atoms with Crippen LogP contribution in [-0.4, -0.2) is 44.2 Å². The van der Waals surface area contributed by atoms with Gasteiger partial charge < -0.3 is 15.7 Å². The molecule has 2 amide bonds. The number of amides is 2. The molecule has 154 valence electrons. The highest BCUT2D eigenvalue weighted by Gasteiger charge is 2.38. The molecule has 1 aromatic rings. The second-order valence-corrected chi connectivity index (χ2v) is 8.86. The van der Waals surface area contributed by atoms with Gasteiger partial charge in [-0.1, -0.05) is 0 Å². The van der Waals surface area contributed by atoms with E-state index in [2.05, 4.69) is 10.6 Å². The molecule has 1 aromatic carbocycles. The molecule has 1 aliphatic heterocycles. The van der Waals surface area contributed by atoms with Crippen LogP contribution in [0.3, 0.4) is 0 Å². The molecule has 4 N–H and O–H groups in total. The van der Waals surface area contributed by atoms with Crippen molar-refractivity contribution in [1.29, 1.82) is 0 Å². The topological polar surface area (TPSA) is 128 Å². The number of anilines is 1. The summed E-state index contributed by atoms with van der Waals surface area (Å²) in [5.74, 6) is -3.06. The number of carbonyl (C=O) groups excluding carboxylic acids is 2. The van der Waals surface area contributed by atoms with Gasteiger partial charge in [-0.25, -0.2) is 12.8 Å². The molecule has 0 spiro atoms. The van der Waals surface area contributed by atoms with Crippen molar-refractivity contribution in [2.24, 2.45) is 5.92 Å². The van der Waals surface area contributed by atoms with E-state index in [1.54, 1.807) is 7.05 Å². The van der Waals surface area contributed by atoms with Crippen molar-refractivity contribution < 1.29 is 27.5 Å². The first kappa shape index (κ1) is 20.3. The fourth-order valence-corrected chi connectivity index (χ4v) is 4.83. The summed E-state index contributed by atoms with van der Waals surface area (Å²) in [5, 5.41) is 16.1. The Morgan fingerprint density at radius 1 is 1.32 bits per heavy atom. The van der Waals surface area contributed by atoms with Gasteiger partial charge in [0, 0.05) is 25.6 Å². The van der Waals surface area contributed by atoms with Gasteiger partial charge in [0.2, 0.25) is 5.91 Å². The van der Waals surface area contributed by atoms with Gasteiger partial charge in [0.1, 0.15) is 5.75 Å². The van der Waals surface area contributed by atoms with Gasteiger partial charge in [-0.05, 0) is 43.4 Å². The SMILES string of the molecule is CNC(=O)C1CCC(NCc2cc(O)c(N3NC(=O)CS3(=O)=O)c(F)c2)CC1. The molecule has 2 aliphatic rings. The fraction of sp³-hybridized carbons (Fsp3) is 0.529. The highest BCUT2D eigenvalue weighted by molar-refractivity contribution is 7.93. The molecule has 1 saturated heterocycles. The Morgan fingerprint density at radius 3 is 2.54 bits per heavy atom. The summed E-state index contributed by atoms with van der Waals surface area (Å²) >= 11 is 0. The van der Waals surface area contributed by atoms with Crippen LogP contribution < -0.4 is 20.5 Å². The Balaban J connectivity index is 1.64. The summed E-state index contributed by atoms with van der Waals surface area (Å²) in [7, 11) is -2.45. The van der Waals surface area contributed by atoms with Crippen molar-refractivity contribution >= 4 is 27.5 Å². The van der Waals surface area contributed by atoms with Gasteiger partial charge in [0.25, 0.3) is 15.9 Å². The lowest BCUT2D eigenvalue weighted by Crippen LogP contribution is -2.37. The highest BCUT2D eigenvalue weighted by atomic mass is 32.2. The summed E-state index contributed by atoms with van der Waals surface area (Å²) in [6.45, 7) is 0.277. The van der Waals surface area contributed by atoms with E-state index in [0.29, 0.717) is 9.98 Å². The lowest BCUT2D eigenvalue weighted by Gasteiger charge is -2.28. The van der Waals surface area contributed by atoms with E-state index in [-0.39, 0.29) is 24.4 Å². The van der Waals surface area contributed by atoms with Crippen LogP contribution in [0, 0.1) is 11.7 Å². The Labute approximate surface area is 162 Å². The number of hydrogen-bond acceptors (Lipinski definition) is 6. The van der Waals surface area contributed by atoms with Crippen LogP contribution in [0.5, 0.6) is 5.75 Å². The van der Waals surface area contributed by atoms with E-state index in [4.69, 9.17) is 0 Å². The van der Waals surface area contributed by atoms with Gasteiger partial charge in [-0.2, -0.15) is 4.41 Å². The first-order chi connectivity index (χ1) is 13.2. The highest BCUT2D eigenvalue weighted by Crippen LogP contribution is 2.34. The quantitative estimate of drug-likeness (QED) is 0.541. The van der Waals surface area contributed by atoms with Crippen molar-refractivity contribution in [2.45, 2.75) is 38.3 Å². The van der Waals surface area contributed by atoms with Crippen molar-refractivity contribution in [3.8, 4) is 5.75 Å². The third kappa shape index (κ3) is 4.20.